The number of H-pyrrole nitrogens is 1. The molecule has 0 saturated heterocycles. The Morgan fingerprint density at radius 2 is 2.22 bits per heavy atom. The van der Waals surface area contributed by atoms with Gasteiger partial charge in [0.2, 0.25) is 0 Å². The molecular weight excluding hydrogens is 253 g/mol. The fraction of sp³-hybridized carbons (Fsp3) is 0.167. The molecule has 0 atom stereocenters. The summed E-state index contributed by atoms with van der Waals surface area (Å²) >= 11 is 1.31. The number of aryl methyl sites for hydroxylation is 1. The molecule has 0 amide bonds. The van der Waals surface area contributed by atoms with Gasteiger partial charge in [-0.15, -0.1) is 0 Å². The fourth-order valence-electron chi connectivity index (χ4n) is 1.47. The van der Waals surface area contributed by atoms with E-state index in [1.165, 1.54) is 36.0 Å². The summed E-state index contributed by atoms with van der Waals surface area (Å²) in [7, 11) is 0. The normalized spacial score (nSPS) is 10.6. The molecule has 1 aromatic heterocycles. The van der Waals surface area contributed by atoms with Crippen LogP contribution >= 0.6 is 11.8 Å². The van der Waals surface area contributed by atoms with Gasteiger partial charge in [0.1, 0.15) is 5.82 Å². The van der Waals surface area contributed by atoms with Crippen molar-refractivity contribution in [2.75, 3.05) is 5.73 Å². The average molecular weight is 265 g/mol. The van der Waals surface area contributed by atoms with Gasteiger partial charge < -0.3 is 10.7 Å². The van der Waals surface area contributed by atoms with Crippen LogP contribution in [0.25, 0.3) is 0 Å². The van der Waals surface area contributed by atoms with Gasteiger partial charge in [-0.05, 0) is 30.7 Å². The zero-order valence-corrected chi connectivity index (χ0v) is 10.6. The molecule has 0 spiro atoms. The van der Waals surface area contributed by atoms with Gasteiger partial charge in [0.05, 0.1) is 0 Å². The molecule has 18 heavy (non-hydrogen) atoms. The van der Waals surface area contributed by atoms with Gasteiger partial charge in [-0.25, -0.2) is 9.37 Å². The maximum absolute atomic E-state index is 13.1. The van der Waals surface area contributed by atoms with E-state index in [2.05, 4.69) is 9.97 Å². The van der Waals surface area contributed by atoms with Crippen LogP contribution in [-0.2, 0) is 5.75 Å². The molecule has 0 aliphatic heterocycles. The molecule has 4 nitrogen and oxygen atoms in total. The van der Waals surface area contributed by atoms with Crippen LogP contribution < -0.4 is 11.3 Å². The van der Waals surface area contributed by atoms with Crippen molar-refractivity contribution in [3.63, 3.8) is 0 Å². The summed E-state index contributed by atoms with van der Waals surface area (Å²) in [5.41, 5.74) is 7.40. The van der Waals surface area contributed by atoms with Crippen molar-refractivity contribution < 1.29 is 4.39 Å². The van der Waals surface area contributed by atoms with E-state index in [9.17, 15) is 9.18 Å². The molecule has 2 rings (SSSR count). The van der Waals surface area contributed by atoms with Crippen LogP contribution in [0.5, 0.6) is 0 Å². The number of halogens is 1. The Morgan fingerprint density at radius 3 is 2.94 bits per heavy atom. The number of anilines is 1. The fourth-order valence-corrected chi connectivity index (χ4v) is 2.39. The van der Waals surface area contributed by atoms with Crippen LogP contribution in [0.3, 0.4) is 0 Å². The molecule has 0 aliphatic carbocycles. The predicted octanol–water partition coefficient (Wildman–Crippen LogP) is 2.09. The largest absolute Gasteiger partial charge is 0.398 e. The Morgan fingerprint density at radius 1 is 1.44 bits per heavy atom. The van der Waals surface area contributed by atoms with E-state index in [1.54, 1.807) is 6.92 Å². The van der Waals surface area contributed by atoms with E-state index in [-0.39, 0.29) is 11.4 Å². The first-order valence-electron chi connectivity index (χ1n) is 5.29. The first-order valence-corrected chi connectivity index (χ1v) is 6.28. The number of nitrogens with zero attached hydrogens (tertiary/aromatic N) is 1. The Hall–Kier alpha value is -1.82. The maximum atomic E-state index is 13.1. The summed E-state index contributed by atoms with van der Waals surface area (Å²) < 4.78 is 13.1. The molecule has 3 N–H and O–H groups in total. The molecule has 2 aromatic rings. The second-order valence-corrected chi connectivity index (χ2v) is 4.79. The highest BCUT2D eigenvalue weighted by molar-refractivity contribution is 7.98. The number of thioether (sulfide) groups is 1. The molecular formula is C12H12FN3OS. The van der Waals surface area contributed by atoms with Gasteiger partial charge in [0.25, 0.3) is 5.56 Å². The lowest BCUT2D eigenvalue weighted by Gasteiger charge is -2.05. The second kappa shape index (κ2) is 5.22. The van der Waals surface area contributed by atoms with Crippen molar-refractivity contribution in [3.8, 4) is 0 Å². The highest BCUT2D eigenvalue weighted by atomic mass is 32.2. The third-order valence-corrected chi connectivity index (χ3v) is 3.24. The van der Waals surface area contributed by atoms with Gasteiger partial charge >= 0.3 is 0 Å². The molecule has 1 heterocycles. The number of nitrogens with two attached hydrogens (primary N) is 1. The monoisotopic (exact) mass is 265 g/mol. The quantitative estimate of drug-likeness (QED) is 0.506. The van der Waals surface area contributed by atoms with Crippen LogP contribution in [0, 0.1) is 12.7 Å². The smallest absolute Gasteiger partial charge is 0.251 e. The number of hydrogen-bond donors (Lipinski definition) is 2. The van der Waals surface area contributed by atoms with Crippen molar-refractivity contribution in [2.45, 2.75) is 17.8 Å². The number of nitrogens with one attached hydrogen (secondary N) is 1. The van der Waals surface area contributed by atoms with E-state index < -0.39 is 0 Å². The van der Waals surface area contributed by atoms with Gasteiger partial charge in [0.15, 0.2) is 5.16 Å². The van der Waals surface area contributed by atoms with E-state index >= 15 is 0 Å². The molecule has 0 bridgehead atoms. The summed E-state index contributed by atoms with van der Waals surface area (Å²) in [5, 5.41) is 0.503. The number of rotatable bonds is 3. The predicted molar refractivity (Wildman–Crippen MR) is 70.0 cm³/mol. The lowest BCUT2D eigenvalue weighted by Crippen LogP contribution is -2.08. The highest BCUT2D eigenvalue weighted by Crippen LogP contribution is 2.23. The van der Waals surface area contributed by atoms with E-state index in [1.807, 2.05) is 0 Å². The van der Waals surface area contributed by atoms with Crippen molar-refractivity contribution >= 4 is 17.4 Å². The van der Waals surface area contributed by atoms with Crippen LogP contribution in [0.1, 0.15) is 11.3 Å². The summed E-state index contributed by atoms with van der Waals surface area (Å²) in [5.74, 6) is 0.126. The molecule has 0 unspecified atom stereocenters. The van der Waals surface area contributed by atoms with E-state index in [0.29, 0.717) is 27.9 Å². The first-order chi connectivity index (χ1) is 8.54. The van der Waals surface area contributed by atoms with Crippen molar-refractivity contribution in [3.05, 3.63) is 51.7 Å². The zero-order chi connectivity index (χ0) is 13.1. The molecule has 94 valence electrons. The van der Waals surface area contributed by atoms with Crippen molar-refractivity contribution in [1.29, 1.82) is 0 Å². The van der Waals surface area contributed by atoms with Gasteiger partial charge in [0, 0.05) is 23.2 Å². The lowest BCUT2D eigenvalue weighted by atomic mass is 10.2. The number of hydrogen-bond acceptors (Lipinski definition) is 4. The molecule has 0 radical (unpaired) electrons. The van der Waals surface area contributed by atoms with Gasteiger partial charge in [-0.3, -0.25) is 4.79 Å². The lowest BCUT2D eigenvalue weighted by molar-refractivity contribution is 0.627. The van der Waals surface area contributed by atoms with Crippen molar-refractivity contribution in [1.82, 2.24) is 9.97 Å². The molecule has 0 fully saturated rings. The van der Waals surface area contributed by atoms with E-state index in [0.717, 1.165) is 0 Å². The Labute approximate surface area is 107 Å². The number of aromatic nitrogens is 2. The third-order valence-electron chi connectivity index (χ3n) is 2.32. The number of aromatic amines is 1. The Balaban J connectivity index is 2.16. The summed E-state index contributed by atoms with van der Waals surface area (Å²) in [6.07, 6.45) is 0. The first kappa shape index (κ1) is 12.6. The minimum atomic E-state index is -0.328. The SMILES string of the molecule is Cc1cc(=O)[nH]c(SCc2cc(F)ccc2N)n1. The van der Waals surface area contributed by atoms with Crippen LogP contribution in [0.4, 0.5) is 10.1 Å². The maximum Gasteiger partial charge on any atom is 0.251 e. The van der Waals surface area contributed by atoms with Crippen LogP contribution in [0.2, 0.25) is 0 Å². The standard InChI is InChI=1S/C12H12FN3OS/c1-7-4-11(17)16-12(15-7)18-6-8-5-9(13)2-3-10(8)14/h2-5H,6,14H2,1H3,(H,15,16,17). The molecule has 0 saturated carbocycles. The highest BCUT2D eigenvalue weighted by Gasteiger charge is 2.04. The number of benzene rings is 1. The van der Waals surface area contributed by atoms with Crippen LogP contribution in [-0.4, -0.2) is 9.97 Å². The summed E-state index contributed by atoms with van der Waals surface area (Å²) in [4.78, 5) is 18.0. The topological polar surface area (TPSA) is 71.8 Å². The number of nitrogen functional groups attached to an aromatic ring is 1. The molecule has 0 aliphatic rings. The third kappa shape index (κ3) is 3.10. The van der Waals surface area contributed by atoms with Gasteiger partial charge in [-0.2, -0.15) is 0 Å². The molecule has 1 aromatic carbocycles. The van der Waals surface area contributed by atoms with Crippen molar-refractivity contribution in [2.24, 2.45) is 0 Å². The van der Waals surface area contributed by atoms with Gasteiger partial charge in [-0.1, -0.05) is 11.8 Å². The summed E-state index contributed by atoms with van der Waals surface area (Å²) in [6.45, 7) is 1.75. The summed E-state index contributed by atoms with van der Waals surface area (Å²) in [6, 6.07) is 5.64. The Kier molecular flexibility index (Phi) is 3.66. The second-order valence-electron chi connectivity index (χ2n) is 3.82. The molecule has 6 heteroatoms. The Bertz CT molecular complexity index is 627. The minimum Gasteiger partial charge on any atom is -0.398 e. The average Bonchev–Trinajstić information content (AvgIpc) is 2.29. The van der Waals surface area contributed by atoms with Crippen LogP contribution in [0.15, 0.2) is 34.2 Å². The zero-order valence-electron chi connectivity index (χ0n) is 9.74. The minimum absolute atomic E-state index is 0.197. The van der Waals surface area contributed by atoms with E-state index in [4.69, 9.17) is 5.73 Å².